The first-order valence-electron chi connectivity index (χ1n) is 9.67. The Kier molecular flexibility index (Phi) is 4.20. The Hall–Kier alpha value is -2.04. The molecule has 2 fully saturated rings. The smallest absolute Gasteiger partial charge is 0.307 e. The molecule has 1 saturated carbocycles. The third-order valence-electron chi connectivity index (χ3n) is 5.93. The molecule has 26 heavy (non-hydrogen) atoms. The van der Waals surface area contributed by atoms with E-state index in [0.29, 0.717) is 6.54 Å². The van der Waals surface area contributed by atoms with E-state index in [1.165, 1.54) is 5.56 Å². The van der Waals surface area contributed by atoms with Crippen molar-refractivity contribution in [1.82, 2.24) is 5.32 Å². The topological polar surface area (TPSA) is 64.6 Å². The molecule has 2 aliphatic heterocycles. The maximum atomic E-state index is 12.8. The predicted molar refractivity (Wildman–Crippen MR) is 96.7 cm³/mol. The van der Waals surface area contributed by atoms with Gasteiger partial charge in [0.1, 0.15) is 17.0 Å². The first-order chi connectivity index (χ1) is 12.4. The van der Waals surface area contributed by atoms with Gasteiger partial charge < -0.3 is 14.8 Å². The third kappa shape index (κ3) is 3.19. The van der Waals surface area contributed by atoms with E-state index in [2.05, 4.69) is 25.2 Å². The second kappa shape index (κ2) is 6.29. The lowest BCUT2D eigenvalue weighted by Gasteiger charge is -2.36. The second-order valence-corrected chi connectivity index (χ2v) is 8.55. The molecule has 0 bridgehead atoms. The quantitative estimate of drug-likeness (QED) is 0.843. The molecule has 4 rings (SSSR count). The van der Waals surface area contributed by atoms with Gasteiger partial charge in [0.25, 0.3) is 0 Å². The van der Waals surface area contributed by atoms with Crippen molar-refractivity contribution in [3.63, 3.8) is 0 Å². The van der Waals surface area contributed by atoms with E-state index >= 15 is 0 Å². The average molecular weight is 357 g/mol. The van der Waals surface area contributed by atoms with Crippen molar-refractivity contribution in [3.05, 3.63) is 29.3 Å². The number of nitrogens with one attached hydrogen (secondary N) is 1. The lowest BCUT2D eigenvalue weighted by atomic mass is 9.75. The minimum atomic E-state index is -0.560. The average Bonchev–Trinajstić information content (AvgIpc) is 3.07. The second-order valence-electron chi connectivity index (χ2n) is 8.55. The van der Waals surface area contributed by atoms with Crippen molar-refractivity contribution in [2.45, 2.75) is 76.5 Å². The Balaban J connectivity index is 1.42. The number of carbonyl (C=O) groups is 2. The molecule has 1 spiro atoms. The van der Waals surface area contributed by atoms with Crippen LogP contribution in [0, 0.1) is 5.92 Å². The summed E-state index contributed by atoms with van der Waals surface area (Å²) in [6.45, 7) is 4.62. The lowest BCUT2D eigenvalue weighted by molar-refractivity contribution is -0.153. The molecule has 1 aliphatic carbocycles. The molecule has 0 aromatic heterocycles. The Morgan fingerprint density at radius 2 is 1.96 bits per heavy atom. The van der Waals surface area contributed by atoms with Gasteiger partial charge in [-0.05, 0) is 56.7 Å². The van der Waals surface area contributed by atoms with Gasteiger partial charge in [0.2, 0.25) is 5.91 Å². The van der Waals surface area contributed by atoms with Gasteiger partial charge in [0, 0.05) is 13.0 Å². The standard InChI is InChI=1S/C21H27NO4/c1-20(2)12-15-10-14(6-7-17(15)25-20)13-22-19(24)16-11-18(23)26-21(16)8-4-3-5-9-21/h6-7,10,16H,3-5,8-9,11-13H2,1-2H3,(H,22,24). The van der Waals surface area contributed by atoms with Gasteiger partial charge in [-0.3, -0.25) is 9.59 Å². The van der Waals surface area contributed by atoms with Crippen molar-refractivity contribution >= 4 is 11.9 Å². The highest BCUT2D eigenvalue weighted by molar-refractivity contribution is 5.87. The van der Waals surface area contributed by atoms with Crippen LogP contribution in [0.15, 0.2) is 18.2 Å². The number of carbonyl (C=O) groups excluding carboxylic acids is 2. The molecule has 1 amide bonds. The number of benzene rings is 1. The summed E-state index contributed by atoms with van der Waals surface area (Å²) in [7, 11) is 0. The minimum Gasteiger partial charge on any atom is -0.487 e. The summed E-state index contributed by atoms with van der Waals surface area (Å²) in [4.78, 5) is 24.7. The molecule has 3 aliphatic rings. The molecule has 5 nitrogen and oxygen atoms in total. The first-order valence-corrected chi connectivity index (χ1v) is 9.67. The van der Waals surface area contributed by atoms with Crippen LogP contribution in [0.4, 0.5) is 0 Å². The van der Waals surface area contributed by atoms with Gasteiger partial charge in [-0.1, -0.05) is 18.6 Å². The summed E-state index contributed by atoms with van der Waals surface area (Å²) in [5.41, 5.74) is 1.51. The van der Waals surface area contributed by atoms with Crippen LogP contribution in [0.25, 0.3) is 0 Å². The van der Waals surface area contributed by atoms with Crippen molar-refractivity contribution in [3.8, 4) is 5.75 Å². The minimum absolute atomic E-state index is 0.0603. The van der Waals surface area contributed by atoms with Crippen LogP contribution in [-0.2, 0) is 27.3 Å². The van der Waals surface area contributed by atoms with Crippen molar-refractivity contribution in [1.29, 1.82) is 0 Å². The van der Waals surface area contributed by atoms with Crippen molar-refractivity contribution < 1.29 is 19.1 Å². The molecule has 0 radical (unpaired) electrons. The Bertz CT molecular complexity index is 734. The molecule has 1 saturated heterocycles. The normalized spacial score (nSPS) is 25.5. The highest BCUT2D eigenvalue weighted by atomic mass is 16.6. The fraction of sp³-hybridized carbons (Fsp3) is 0.619. The monoisotopic (exact) mass is 357 g/mol. The summed E-state index contributed by atoms with van der Waals surface area (Å²) >= 11 is 0. The van der Waals surface area contributed by atoms with E-state index in [1.54, 1.807) is 0 Å². The van der Waals surface area contributed by atoms with E-state index in [0.717, 1.165) is 49.8 Å². The van der Waals surface area contributed by atoms with E-state index < -0.39 is 5.60 Å². The lowest BCUT2D eigenvalue weighted by Crippen LogP contribution is -2.45. The van der Waals surface area contributed by atoms with Gasteiger partial charge in [-0.25, -0.2) is 0 Å². The summed E-state index contributed by atoms with van der Waals surface area (Å²) in [6.07, 6.45) is 5.90. The van der Waals surface area contributed by atoms with E-state index in [9.17, 15) is 9.59 Å². The highest BCUT2D eigenvalue weighted by Gasteiger charge is 2.52. The van der Waals surface area contributed by atoms with Crippen LogP contribution < -0.4 is 10.1 Å². The molecular weight excluding hydrogens is 330 g/mol. The van der Waals surface area contributed by atoms with Gasteiger partial charge in [-0.2, -0.15) is 0 Å². The SMILES string of the molecule is CC1(C)Cc2cc(CNC(=O)C3CC(=O)OC34CCCCC4)ccc2O1. The maximum Gasteiger partial charge on any atom is 0.307 e. The van der Waals surface area contributed by atoms with Crippen LogP contribution >= 0.6 is 0 Å². The summed E-state index contributed by atoms with van der Waals surface area (Å²) in [6, 6.07) is 6.08. The zero-order valence-electron chi connectivity index (χ0n) is 15.6. The molecule has 1 unspecified atom stereocenters. The predicted octanol–water partition coefficient (Wildman–Crippen LogP) is 3.28. The van der Waals surface area contributed by atoms with E-state index in [1.807, 2.05) is 12.1 Å². The van der Waals surface area contributed by atoms with Crippen molar-refractivity contribution in [2.24, 2.45) is 5.92 Å². The molecule has 2 heterocycles. The number of amides is 1. The molecule has 1 atom stereocenters. The van der Waals surface area contributed by atoms with Gasteiger partial charge in [0.05, 0.1) is 12.3 Å². The third-order valence-corrected chi connectivity index (χ3v) is 5.93. The van der Waals surface area contributed by atoms with Crippen molar-refractivity contribution in [2.75, 3.05) is 0 Å². The molecule has 1 N–H and O–H groups in total. The number of rotatable bonds is 3. The summed E-state index contributed by atoms with van der Waals surface area (Å²) < 4.78 is 11.5. The number of esters is 1. The van der Waals surface area contributed by atoms with E-state index in [4.69, 9.17) is 9.47 Å². The fourth-order valence-corrected chi connectivity index (χ4v) is 4.71. The zero-order chi connectivity index (χ0) is 18.4. The molecule has 5 heteroatoms. The molecule has 140 valence electrons. The van der Waals surface area contributed by atoms with Crippen LogP contribution in [-0.4, -0.2) is 23.1 Å². The Morgan fingerprint density at radius 1 is 1.19 bits per heavy atom. The van der Waals surface area contributed by atoms with Crippen LogP contribution in [0.2, 0.25) is 0 Å². The van der Waals surface area contributed by atoms with E-state index in [-0.39, 0.29) is 29.8 Å². The van der Waals surface area contributed by atoms with Crippen LogP contribution in [0.5, 0.6) is 5.75 Å². The summed E-state index contributed by atoms with van der Waals surface area (Å²) in [5.74, 6) is 0.284. The molecular formula is C21H27NO4. The van der Waals surface area contributed by atoms with Gasteiger partial charge in [0.15, 0.2) is 0 Å². The number of hydrogen-bond acceptors (Lipinski definition) is 4. The Morgan fingerprint density at radius 3 is 2.73 bits per heavy atom. The fourth-order valence-electron chi connectivity index (χ4n) is 4.71. The maximum absolute atomic E-state index is 12.8. The number of fused-ring (bicyclic) bond motifs is 1. The Labute approximate surface area is 154 Å². The van der Waals surface area contributed by atoms with Gasteiger partial charge >= 0.3 is 5.97 Å². The van der Waals surface area contributed by atoms with Crippen LogP contribution in [0.1, 0.15) is 63.5 Å². The first kappa shape index (κ1) is 17.4. The van der Waals surface area contributed by atoms with Crippen LogP contribution in [0.3, 0.4) is 0 Å². The molecule has 1 aromatic carbocycles. The molecule has 1 aromatic rings. The highest BCUT2D eigenvalue weighted by Crippen LogP contribution is 2.44. The number of hydrogen-bond donors (Lipinski definition) is 1. The summed E-state index contributed by atoms with van der Waals surface area (Å²) in [5, 5.41) is 3.03. The van der Waals surface area contributed by atoms with Gasteiger partial charge in [-0.15, -0.1) is 0 Å². The largest absolute Gasteiger partial charge is 0.487 e. The zero-order valence-corrected chi connectivity index (χ0v) is 15.6. The number of ether oxygens (including phenoxy) is 2.